The van der Waals surface area contributed by atoms with Gasteiger partial charge in [-0.15, -0.1) is 0 Å². The highest BCUT2D eigenvalue weighted by atomic mass is 15.2. The van der Waals surface area contributed by atoms with Gasteiger partial charge in [-0.25, -0.2) is 0 Å². The van der Waals surface area contributed by atoms with E-state index in [0.717, 1.165) is 19.4 Å². The van der Waals surface area contributed by atoms with Gasteiger partial charge >= 0.3 is 0 Å². The molecule has 0 saturated heterocycles. The molecule has 0 saturated carbocycles. The maximum Gasteiger partial charge on any atom is 0.0321 e. The van der Waals surface area contributed by atoms with Crippen LogP contribution in [0.25, 0.3) is 0 Å². The predicted molar refractivity (Wildman–Crippen MR) is 65.8 cm³/mol. The Morgan fingerprint density at radius 1 is 0.933 bits per heavy atom. The van der Waals surface area contributed by atoms with Crippen LogP contribution in [0.15, 0.2) is 48.6 Å². The van der Waals surface area contributed by atoms with Gasteiger partial charge in [-0.2, -0.15) is 0 Å². The first-order valence-electron chi connectivity index (χ1n) is 5.84. The summed E-state index contributed by atoms with van der Waals surface area (Å²) in [4.78, 5) is 2.57. The number of allylic oxidation sites excluding steroid dienone is 4. The van der Waals surface area contributed by atoms with Gasteiger partial charge in [-0.3, -0.25) is 4.90 Å². The SMILES string of the molecule is CCN(C1C=CC=CC1)C1C=CC=CC1. The highest BCUT2D eigenvalue weighted by Crippen LogP contribution is 2.19. The van der Waals surface area contributed by atoms with Crippen LogP contribution in [0.5, 0.6) is 0 Å². The molecule has 2 aliphatic carbocycles. The topological polar surface area (TPSA) is 3.24 Å². The Morgan fingerprint density at radius 3 is 1.80 bits per heavy atom. The summed E-state index contributed by atoms with van der Waals surface area (Å²) in [5.74, 6) is 0. The maximum absolute atomic E-state index is 2.57. The Morgan fingerprint density at radius 2 is 1.47 bits per heavy atom. The predicted octanol–water partition coefficient (Wildman–Crippen LogP) is 3.08. The minimum atomic E-state index is 0.584. The second kappa shape index (κ2) is 5.13. The molecule has 1 nitrogen and oxygen atoms in total. The minimum Gasteiger partial charge on any atom is -0.290 e. The summed E-state index contributed by atoms with van der Waals surface area (Å²) in [7, 11) is 0. The van der Waals surface area contributed by atoms with Crippen molar-refractivity contribution in [1.29, 1.82) is 0 Å². The lowest BCUT2D eigenvalue weighted by molar-refractivity contribution is 0.198. The zero-order valence-electron chi connectivity index (χ0n) is 9.34. The largest absolute Gasteiger partial charge is 0.290 e. The quantitative estimate of drug-likeness (QED) is 0.678. The highest BCUT2D eigenvalue weighted by molar-refractivity contribution is 5.18. The molecule has 0 aliphatic heterocycles. The summed E-state index contributed by atoms with van der Waals surface area (Å²) in [6, 6.07) is 1.17. The van der Waals surface area contributed by atoms with Crippen molar-refractivity contribution in [3.63, 3.8) is 0 Å². The van der Waals surface area contributed by atoms with E-state index in [-0.39, 0.29) is 0 Å². The lowest BCUT2D eigenvalue weighted by Gasteiger charge is -2.35. The first-order valence-corrected chi connectivity index (χ1v) is 5.84. The van der Waals surface area contributed by atoms with Gasteiger partial charge in [-0.1, -0.05) is 55.5 Å². The Labute approximate surface area is 92.5 Å². The van der Waals surface area contributed by atoms with Gasteiger partial charge < -0.3 is 0 Å². The van der Waals surface area contributed by atoms with Gasteiger partial charge in [0.1, 0.15) is 0 Å². The Kier molecular flexibility index (Phi) is 3.57. The first kappa shape index (κ1) is 10.4. The van der Waals surface area contributed by atoms with E-state index >= 15 is 0 Å². The summed E-state index contributed by atoms with van der Waals surface area (Å²) in [5, 5.41) is 0. The average Bonchev–Trinajstić information content (AvgIpc) is 2.33. The molecule has 0 aromatic heterocycles. The van der Waals surface area contributed by atoms with E-state index in [1.165, 1.54) is 0 Å². The van der Waals surface area contributed by atoms with Crippen LogP contribution in [0.3, 0.4) is 0 Å². The van der Waals surface area contributed by atoms with Crippen molar-refractivity contribution < 1.29 is 0 Å². The van der Waals surface area contributed by atoms with E-state index in [9.17, 15) is 0 Å². The molecule has 0 radical (unpaired) electrons. The van der Waals surface area contributed by atoms with Crippen molar-refractivity contribution in [1.82, 2.24) is 4.90 Å². The fourth-order valence-electron chi connectivity index (χ4n) is 2.34. The summed E-state index contributed by atoms with van der Waals surface area (Å²) in [5.41, 5.74) is 0. The number of likely N-dealkylation sites (N-methyl/N-ethyl adjacent to an activating group) is 1. The van der Waals surface area contributed by atoms with Gasteiger partial charge in [0.25, 0.3) is 0 Å². The molecule has 80 valence electrons. The standard InChI is InChI=1S/C14H19N/c1-2-15(13-9-5-3-6-10-13)14-11-7-4-8-12-14/h3-9,11,13-14H,2,10,12H2,1H3. The van der Waals surface area contributed by atoms with Gasteiger partial charge in [-0.05, 0) is 19.4 Å². The number of hydrogen-bond acceptors (Lipinski definition) is 1. The molecule has 0 heterocycles. The number of rotatable bonds is 3. The molecule has 0 aromatic rings. The molecule has 1 heteroatoms. The van der Waals surface area contributed by atoms with Crippen LogP contribution < -0.4 is 0 Å². The van der Waals surface area contributed by atoms with Crippen LogP contribution in [0.4, 0.5) is 0 Å². The fraction of sp³-hybridized carbons (Fsp3) is 0.429. The van der Waals surface area contributed by atoms with E-state index in [4.69, 9.17) is 0 Å². The zero-order chi connectivity index (χ0) is 10.5. The second-order valence-electron chi connectivity index (χ2n) is 4.06. The Hall–Kier alpha value is -1.08. The monoisotopic (exact) mass is 201 g/mol. The third kappa shape index (κ3) is 2.48. The van der Waals surface area contributed by atoms with E-state index in [1.807, 2.05) is 0 Å². The third-order valence-electron chi connectivity index (χ3n) is 3.13. The van der Waals surface area contributed by atoms with Crippen molar-refractivity contribution >= 4 is 0 Å². The molecule has 2 unspecified atom stereocenters. The smallest absolute Gasteiger partial charge is 0.0321 e. The molecular formula is C14H19N. The lowest BCUT2D eigenvalue weighted by Crippen LogP contribution is -2.41. The van der Waals surface area contributed by atoms with Crippen LogP contribution in [-0.2, 0) is 0 Å². The molecule has 0 amide bonds. The molecule has 0 aromatic carbocycles. The van der Waals surface area contributed by atoms with Crippen molar-refractivity contribution in [2.45, 2.75) is 31.8 Å². The maximum atomic E-state index is 2.57. The van der Waals surface area contributed by atoms with E-state index < -0.39 is 0 Å². The second-order valence-corrected chi connectivity index (χ2v) is 4.06. The molecule has 15 heavy (non-hydrogen) atoms. The van der Waals surface area contributed by atoms with Crippen molar-refractivity contribution in [3.8, 4) is 0 Å². The molecule has 2 atom stereocenters. The number of hydrogen-bond donors (Lipinski definition) is 0. The zero-order valence-corrected chi connectivity index (χ0v) is 9.34. The van der Waals surface area contributed by atoms with E-state index in [0.29, 0.717) is 12.1 Å². The highest BCUT2D eigenvalue weighted by Gasteiger charge is 2.21. The molecule has 0 bridgehead atoms. The van der Waals surface area contributed by atoms with Gasteiger partial charge in [0.15, 0.2) is 0 Å². The third-order valence-corrected chi connectivity index (χ3v) is 3.13. The van der Waals surface area contributed by atoms with Crippen molar-refractivity contribution in [3.05, 3.63) is 48.6 Å². The van der Waals surface area contributed by atoms with Crippen LogP contribution in [0, 0.1) is 0 Å². The van der Waals surface area contributed by atoms with Crippen molar-refractivity contribution in [2.75, 3.05) is 6.54 Å². The molecule has 0 N–H and O–H groups in total. The van der Waals surface area contributed by atoms with Gasteiger partial charge in [0.2, 0.25) is 0 Å². The molecule has 0 spiro atoms. The fourth-order valence-corrected chi connectivity index (χ4v) is 2.34. The van der Waals surface area contributed by atoms with Crippen molar-refractivity contribution in [2.24, 2.45) is 0 Å². The van der Waals surface area contributed by atoms with Crippen LogP contribution in [0.1, 0.15) is 19.8 Å². The molecular weight excluding hydrogens is 182 g/mol. The average molecular weight is 201 g/mol. The summed E-state index contributed by atoms with van der Waals surface area (Å²) in [6.07, 6.45) is 20.1. The summed E-state index contributed by atoms with van der Waals surface area (Å²) in [6.45, 7) is 3.37. The first-order chi connectivity index (χ1) is 7.42. The van der Waals surface area contributed by atoms with E-state index in [2.05, 4.69) is 60.4 Å². The van der Waals surface area contributed by atoms with Crippen LogP contribution in [-0.4, -0.2) is 23.5 Å². The molecule has 2 rings (SSSR count). The van der Waals surface area contributed by atoms with E-state index in [1.54, 1.807) is 0 Å². The van der Waals surface area contributed by atoms with Gasteiger partial charge in [0.05, 0.1) is 0 Å². The Bertz CT molecular complexity index is 279. The Balaban J connectivity index is 2.03. The minimum absolute atomic E-state index is 0.584. The van der Waals surface area contributed by atoms with Crippen LogP contribution in [0.2, 0.25) is 0 Å². The van der Waals surface area contributed by atoms with Crippen LogP contribution >= 0.6 is 0 Å². The molecule has 0 fully saturated rings. The lowest BCUT2D eigenvalue weighted by atomic mass is 10.0. The number of nitrogens with zero attached hydrogens (tertiary/aromatic N) is 1. The normalized spacial score (nSPS) is 28.9. The summed E-state index contributed by atoms with van der Waals surface area (Å²) < 4.78 is 0. The summed E-state index contributed by atoms with van der Waals surface area (Å²) >= 11 is 0. The van der Waals surface area contributed by atoms with Gasteiger partial charge in [0, 0.05) is 12.1 Å². The molecule has 2 aliphatic rings.